The first-order valence-electron chi connectivity index (χ1n) is 18.0. The largest absolute Gasteiger partial charge is 0.124 e. The van der Waals surface area contributed by atoms with Crippen LogP contribution in [0.4, 0.5) is 0 Å². The fourth-order valence-corrected chi connectivity index (χ4v) is 5.58. The third-order valence-corrected chi connectivity index (χ3v) is 8.46. The van der Waals surface area contributed by atoms with Crippen LogP contribution in [0.2, 0.25) is 0 Å². The van der Waals surface area contributed by atoms with Gasteiger partial charge in [-0.2, -0.15) is 0 Å². The molecule has 1 aliphatic carbocycles. The van der Waals surface area contributed by atoms with Crippen molar-refractivity contribution in [3.63, 3.8) is 0 Å². The second-order valence-electron chi connectivity index (χ2n) is 12.3. The first-order chi connectivity index (χ1) is 23.1. The van der Waals surface area contributed by atoms with Gasteiger partial charge in [-0.05, 0) is 119 Å². The summed E-state index contributed by atoms with van der Waals surface area (Å²) in [5.41, 5.74) is 11.0. The smallest absolute Gasteiger partial charge is 0.0245 e. The summed E-state index contributed by atoms with van der Waals surface area (Å²) in [6, 6.07) is 26.6. The SMILES string of the molecule is C.C.C.C#C.CC.CC1=CC=C(CCCCCCCc2ccc(C#CCCC#Cc3ccc(CCCCc4ccc(C)cc4)cc3)cc2)CC1. The van der Waals surface area contributed by atoms with Crippen molar-refractivity contribution in [1.29, 1.82) is 0 Å². The maximum Gasteiger partial charge on any atom is 0.0245 e. The number of terminal acetylenes is 1. The predicted molar refractivity (Wildman–Crippen MR) is 228 cm³/mol. The van der Waals surface area contributed by atoms with E-state index in [1.165, 1.54) is 98.5 Å². The zero-order valence-electron chi connectivity index (χ0n) is 29.8. The Labute approximate surface area is 311 Å². The molecule has 0 radical (unpaired) electrons. The molecule has 0 atom stereocenters. The maximum absolute atomic E-state index is 4.00. The van der Waals surface area contributed by atoms with E-state index in [2.05, 4.69) is 135 Å². The van der Waals surface area contributed by atoms with Gasteiger partial charge in [-0.1, -0.05) is 156 Å². The Morgan fingerprint density at radius 3 is 1.28 bits per heavy atom. The molecule has 0 spiro atoms. The number of hydrogen-bond donors (Lipinski definition) is 0. The van der Waals surface area contributed by atoms with E-state index < -0.39 is 0 Å². The molecular weight excluding hydrogens is 601 g/mol. The van der Waals surface area contributed by atoms with Crippen molar-refractivity contribution in [2.75, 3.05) is 0 Å². The van der Waals surface area contributed by atoms with Gasteiger partial charge in [-0.25, -0.2) is 0 Å². The van der Waals surface area contributed by atoms with Crippen LogP contribution in [0.5, 0.6) is 0 Å². The standard InChI is InChI=1S/C43H50.C2H6.C2H2.3CH4/c1-36-20-24-38(25-21-36)14-8-4-3-5-9-15-40-28-30-41(31-29-40)16-10-6-7-11-17-42-32-34-43(35-33-42)19-13-12-18-39-26-22-37(2)23-27-39;2*1-2;;;/h20,22-24,26-35H,3-9,12-15,18-19,21,25H2,1-2H3;1-2H3;1-2H;3*1H4. The van der Waals surface area contributed by atoms with E-state index in [0.29, 0.717) is 0 Å². The number of benzene rings is 3. The van der Waals surface area contributed by atoms with Crippen LogP contribution in [0.25, 0.3) is 0 Å². The minimum Gasteiger partial charge on any atom is -0.124 e. The van der Waals surface area contributed by atoms with Crippen molar-refractivity contribution < 1.29 is 0 Å². The monoisotopic (exact) mass is 671 g/mol. The molecule has 0 aromatic heterocycles. The lowest BCUT2D eigenvalue weighted by atomic mass is 9.95. The summed E-state index contributed by atoms with van der Waals surface area (Å²) in [5.74, 6) is 13.2. The first kappa shape index (κ1) is 47.9. The molecule has 0 amide bonds. The van der Waals surface area contributed by atoms with Crippen molar-refractivity contribution in [3.05, 3.63) is 129 Å². The minimum absolute atomic E-state index is 0. The molecule has 4 rings (SSSR count). The topological polar surface area (TPSA) is 0 Å². The molecule has 50 heavy (non-hydrogen) atoms. The molecule has 0 N–H and O–H groups in total. The van der Waals surface area contributed by atoms with E-state index in [-0.39, 0.29) is 22.3 Å². The van der Waals surface area contributed by atoms with E-state index in [1.807, 2.05) is 13.8 Å². The Kier molecular flexibility index (Phi) is 29.6. The Morgan fingerprint density at radius 1 is 0.480 bits per heavy atom. The van der Waals surface area contributed by atoms with Gasteiger partial charge in [0.1, 0.15) is 0 Å². The van der Waals surface area contributed by atoms with Crippen LogP contribution in [-0.4, -0.2) is 0 Å². The minimum atomic E-state index is 0. The van der Waals surface area contributed by atoms with Gasteiger partial charge >= 0.3 is 0 Å². The molecule has 0 saturated carbocycles. The quantitative estimate of drug-likeness (QED) is 0.118. The molecule has 1 aliphatic rings. The van der Waals surface area contributed by atoms with Crippen molar-refractivity contribution >= 4 is 0 Å². The Bertz CT molecular complexity index is 1470. The molecular formula is C50H70. The molecule has 0 nitrogen and oxygen atoms in total. The predicted octanol–water partition coefficient (Wildman–Crippen LogP) is 14.5. The van der Waals surface area contributed by atoms with Crippen molar-refractivity contribution in [2.24, 2.45) is 0 Å². The third kappa shape index (κ3) is 21.0. The van der Waals surface area contributed by atoms with Crippen molar-refractivity contribution in [2.45, 2.75) is 146 Å². The molecule has 0 aliphatic heterocycles. The number of allylic oxidation sites excluding steroid dienone is 4. The van der Waals surface area contributed by atoms with Gasteiger partial charge in [0.15, 0.2) is 0 Å². The van der Waals surface area contributed by atoms with Crippen LogP contribution in [0.15, 0.2) is 96.1 Å². The van der Waals surface area contributed by atoms with E-state index in [0.717, 1.165) is 36.8 Å². The maximum atomic E-state index is 4.00. The molecule has 0 heteroatoms. The van der Waals surface area contributed by atoms with E-state index in [4.69, 9.17) is 0 Å². The zero-order valence-corrected chi connectivity index (χ0v) is 29.8. The van der Waals surface area contributed by atoms with Gasteiger partial charge in [0.25, 0.3) is 0 Å². The van der Waals surface area contributed by atoms with Crippen molar-refractivity contribution in [1.82, 2.24) is 0 Å². The Morgan fingerprint density at radius 2 is 0.860 bits per heavy atom. The molecule has 0 unspecified atom stereocenters. The highest BCUT2D eigenvalue weighted by Crippen LogP contribution is 2.22. The lowest BCUT2D eigenvalue weighted by Crippen LogP contribution is -1.92. The molecule has 0 saturated heterocycles. The average Bonchev–Trinajstić information content (AvgIpc) is 3.12. The molecule has 3 aromatic carbocycles. The lowest BCUT2D eigenvalue weighted by Gasteiger charge is -2.11. The Hall–Kier alpha value is -4.18. The number of hydrogen-bond acceptors (Lipinski definition) is 0. The summed E-state index contributed by atoms with van der Waals surface area (Å²) in [7, 11) is 0. The highest BCUT2D eigenvalue weighted by molar-refractivity contribution is 5.38. The zero-order chi connectivity index (χ0) is 34.0. The summed E-state index contributed by atoms with van der Waals surface area (Å²) >= 11 is 0. The number of unbranched alkanes of at least 4 members (excludes halogenated alkanes) is 6. The molecule has 270 valence electrons. The van der Waals surface area contributed by atoms with E-state index in [1.54, 1.807) is 5.57 Å². The molecule has 0 bridgehead atoms. The lowest BCUT2D eigenvalue weighted by molar-refractivity contribution is 0.606. The first-order valence-corrected chi connectivity index (χ1v) is 18.0. The normalized spacial score (nSPS) is 10.8. The van der Waals surface area contributed by atoms with Crippen molar-refractivity contribution in [3.8, 4) is 36.5 Å². The fourth-order valence-electron chi connectivity index (χ4n) is 5.58. The summed E-state index contributed by atoms with van der Waals surface area (Å²) in [5, 5.41) is 0. The van der Waals surface area contributed by atoms with Gasteiger partial charge in [0, 0.05) is 24.0 Å². The third-order valence-electron chi connectivity index (χ3n) is 8.46. The average molecular weight is 671 g/mol. The van der Waals surface area contributed by atoms with Crippen LogP contribution < -0.4 is 0 Å². The van der Waals surface area contributed by atoms with E-state index >= 15 is 0 Å². The second-order valence-corrected chi connectivity index (χ2v) is 12.3. The van der Waals surface area contributed by atoms with Crippen LogP contribution in [0.3, 0.4) is 0 Å². The summed E-state index contributed by atoms with van der Waals surface area (Å²) in [4.78, 5) is 0. The second kappa shape index (κ2) is 30.8. The van der Waals surface area contributed by atoms with Gasteiger partial charge < -0.3 is 0 Å². The van der Waals surface area contributed by atoms with E-state index in [9.17, 15) is 0 Å². The van der Waals surface area contributed by atoms with Gasteiger partial charge in [-0.3, -0.25) is 0 Å². The summed E-state index contributed by atoms with van der Waals surface area (Å²) < 4.78 is 0. The Balaban J connectivity index is 0. The molecule has 0 fully saturated rings. The van der Waals surface area contributed by atoms with Gasteiger partial charge in [0.05, 0.1) is 0 Å². The summed E-state index contributed by atoms with van der Waals surface area (Å²) in [6.07, 6.45) is 30.7. The number of aryl methyl sites for hydroxylation is 4. The van der Waals surface area contributed by atoms with Gasteiger partial charge in [-0.15, -0.1) is 12.8 Å². The molecule has 0 heterocycles. The highest BCUT2D eigenvalue weighted by Gasteiger charge is 2.03. The van der Waals surface area contributed by atoms with Crippen LogP contribution in [0, 0.1) is 43.5 Å². The highest BCUT2D eigenvalue weighted by atomic mass is 14.1. The van der Waals surface area contributed by atoms with Gasteiger partial charge in [0.2, 0.25) is 0 Å². The van der Waals surface area contributed by atoms with Crippen LogP contribution in [0.1, 0.15) is 153 Å². The van der Waals surface area contributed by atoms with Crippen LogP contribution >= 0.6 is 0 Å². The van der Waals surface area contributed by atoms with Crippen LogP contribution in [-0.2, 0) is 19.3 Å². The summed E-state index contributed by atoms with van der Waals surface area (Å²) in [6.45, 7) is 8.38. The fraction of sp³-hybridized carbons (Fsp3) is 0.440. The number of rotatable bonds is 14. The molecule has 3 aromatic rings.